The molecular formula is C11H12N2O6. The zero-order valence-corrected chi connectivity index (χ0v) is 9.68. The zero-order chi connectivity index (χ0) is 14.2. The molecule has 19 heavy (non-hydrogen) atoms. The monoisotopic (exact) mass is 268 g/mol. The molecule has 4 atom stereocenters. The molecule has 0 amide bonds. The highest BCUT2D eigenvalue weighted by Gasteiger charge is 2.55. The molecule has 2 heterocycles. The van der Waals surface area contributed by atoms with Gasteiger partial charge in [-0.1, -0.05) is 5.92 Å². The Hall–Kier alpha value is -1.92. The summed E-state index contributed by atoms with van der Waals surface area (Å²) in [6.07, 6.45) is 2.06. The lowest BCUT2D eigenvalue weighted by Gasteiger charge is -2.23. The number of aliphatic hydroxyl groups is 3. The predicted molar refractivity (Wildman–Crippen MR) is 62.1 cm³/mol. The minimum atomic E-state index is -2.12. The number of aromatic amines is 1. The van der Waals surface area contributed by atoms with Crippen molar-refractivity contribution in [3.05, 3.63) is 33.1 Å². The third-order valence-corrected chi connectivity index (χ3v) is 3.04. The highest BCUT2D eigenvalue weighted by Crippen LogP contribution is 2.35. The highest BCUT2D eigenvalue weighted by atomic mass is 16.6. The zero-order valence-electron chi connectivity index (χ0n) is 9.68. The van der Waals surface area contributed by atoms with E-state index in [1.165, 1.54) is 0 Å². The lowest BCUT2D eigenvalue weighted by Crippen LogP contribution is -2.48. The molecule has 0 radical (unpaired) electrons. The van der Waals surface area contributed by atoms with Crippen LogP contribution in [0.1, 0.15) is 6.23 Å². The van der Waals surface area contributed by atoms with Crippen molar-refractivity contribution in [2.75, 3.05) is 6.61 Å². The van der Waals surface area contributed by atoms with Crippen LogP contribution in [0.4, 0.5) is 0 Å². The van der Waals surface area contributed by atoms with Crippen molar-refractivity contribution in [2.24, 2.45) is 0 Å². The normalized spacial score (nSPS) is 34.1. The fourth-order valence-electron chi connectivity index (χ4n) is 1.96. The average Bonchev–Trinajstić information content (AvgIpc) is 2.63. The van der Waals surface area contributed by atoms with Crippen LogP contribution in [-0.4, -0.2) is 49.3 Å². The van der Waals surface area contributed by atoms with E-state index in [1.54, 1.807) is 0 Å². The Bertz CT molecular complexity index is 629. The summed E-state index contributed by atoms with van der Waals surface area (Å²) in [5, 5.41) is 29.1. The molecule has 2 rings (SSSR count). The number of rotatable bonds is 2. The molecule has 1 aliphatic heterocycles. The molecule has 1 aliphatic rings. The Morgan fingerprint density at radius 2 is 2.26 bits per heavy atom. The maximum absolute atomic E-state index is 11.6. The van der Waals surface area contributed by atoms with Crippen molar-refractivity contribution < 1.29 is 20.1 Å². The van der Waals surface area contributed by atoms with E-state index in [9.17, 15) is 19.8 Å². The van der Waals surface area contributed by atoms with Gasteiger partial charge < -0.3 is 20.1 Å². The standard InChI is InChI=1S/C11H12N2O6/c1-2-11(18)6(5-14)19-9(8(11)16)13-4-3-7(15)12-10(13)17/h1,3-4,6,8-9,14,16,18H,5H2,(H,12,15,17)/t6-,8-,9-,11?/m1/s1. The Kier molecular flexibility index (Phi) is 3.30. The molecule has 0 aromatic carbocycles. The molecule has 0 saturated carbocycles. The molecule has 8 nitrogen and oxygen atoms in total. The van der Waals surface area contributed by atoms with Crippen LogP contribution in [0, 0.1) is 12.3 Å². The third kappa shape index (κ3) is 1.98. The molecule has 1 saturated heterocycles. The summed E-state index contributed by atoms with van der Waals surface area (Å²) in [6, 6.07) is 1.05. The van der Waals surface area contributed by atoms with Crippen molar-refractivity contribution in [1.29, 1.82) is 0 Å². The predicted octanol–water partition coefficient (Wildman–Crippen LogP) is -2.85. The van der Waals surface area contributed by atoms with Gasteiger partial charge in [-0.3, -0.25) is 14.3 Å². The molecule has 1 aromatic heterocycles. The van der Waals surface area contributed by atoms with Crippen molar-refractivity contribution >= 4 is 0 Å². The number of terminal acetylenes is 1. The number of nitrogens with one attached hydrogen (secondary N) is 1. The van der Waals surface area contributed by atoms with Crippen molar-refractivity contribution in [1.82, 2.24) is 9.55 Å². The van der Waals surface area contributed by atoms with Gasteiger partial charge in [-0.2, -0.15) is 0 Å². The molecule has 1 fully saturated rings. The van der Waals surface area contributed by atoms with Crippen molar-refractivity contribution in [3.63, 3.8) is 0 Å². The molecule has 8 heteroatoms. The van der Waals surface area contributed by atoms with Crippen molar-refractivity contribution in [3.8, 4) is 12.3 Å². The third-order valence-electron chi connectivity index (χ3n) is 3.04. The SMILES string of the molecule is C#CC1(O)[C@H](O)[C@H](n2ccc(=O)[nH]c2=O)O[C@@H]1CO. The molecule has 0 aliphatic carbocycles. The Morgan fingerprint density at radius 3 is 2.74 bits per heavy atom. The second-order valence-electron chi connectivity index (χ2n) is 4.13. The lowest BCUT2D eigenvalue weighted by atomic mass is 9.93. The topological polar surface area (TPSA) is 125 Å². The first-order valence-electron chi connectivity index (χ1n) is 5.40. The maximum Gasteiger partial charge on any atom is 0.330 e. The van der Waals surface area contributed by atoms with Gasteiger partial charge in [-0.25, -0.2) is 4.79 Å². The van der Waals surface area contributed by atoms with Gasteiger partial charge in [0, 0.05) is 12.3 Å². The van der Waals surface area contributed by atoms with Gasteiger partial charge in [-0.05, 0) is 0 Å². The molecule has 0 bridgehead atoms. The summed E-state index contributed by atoms with van der Waals surface area (Å²) < 4.78 is 6.06. The van der Waals surface area contributed by atoms with E-state index in [4.69, 9.17) is 16.3 Å². The van der Waals surface area contributed by atoms with E-state index >= 15 is 0 Å². The van der Waals surface area contributed by atoms with E-state index in [2.05, 4.69) is 0 Å². The van der Waals surface area contributed by atoms with Crippen LogP contribution in [0.3, 0.4) is 0 Å². The van der Waals surface area contributed by atoms with Crippen LogP contribution in [0.25, 0.3) is 0 Å². The molecule has 4 N–H and O–H groups in total. The quantitative estimate of drug-likeness (QED) is 0.428. The van der Waals surface area contributed by atoms with Gasteiger partial charge in [0.1, 0.15) is 12.2 Å². The molecular weight excluding hydrogens is 256 g/mol. The smallest absolute Gasteiger partial charge is 0.330 e. The number of hydrogen-bond acceptors (Lipinski definition) is 6. The summed E-state index contributed by atoms with van der Waals surface area (Å²) in [5.41, 5.74) is -3.55. The first-order chi connectivity index (χ1) is 8.93. The van der Waals surface area contributed by atoms with E-state index < -0.39 is 41.9 Å². The maximum atomic E-state index is 11.6. The minimum Gasteiger partial charge on any atom is -0.394 e. The first kappa shape index (κ1) is 13.5. The molecule has 0 spiro atoms. The van der Waals surface area contributed by atoms with E-state index in [-0.39, 0.29) is 0 Å². The Morgan fingerprint density at radius 1 is 1.58 bits per heavy atom. The van der Waals surface area contributed by atoms with Crippen LogP contribution < -0.4 is 11.2 Å². The number of H-pyrrole nitrogens is 1. The van der Waals surface area contributed by atoms with Gasteiger partial charge in [-0.15, -0.1) is 6.42 Å². The van der Waals surface area contributed by atoms with E-state index in [1.807, 2.05) is 10.9 Å². The van der Waals surface area contributed by atoms with Crippen LogP contribution in [0.5, 0.6) is 0 Å². The number of nitrogens with zero attached hydrogens (tertiary/aromatic N) is 1. The van der Waals surface area contributed by atoms with Gasteiger partial charge in [0.25, 0.3) is 5.56 Å². The molecule has 102 valence electrons. The van der Waals surface area contributed by atoms with E-state index in [0.29, 0.717) is 0 Å². The average molecular weight is 268 g/mol. The van der Waals surface area contributed by atoms with Crippen LogP contribution in [0.15, 0.2) is 21.9 Å². The summed E-state index contributed by atoms with van der Waals surface area (Å²) in [4.78, 5) is 24.5. The first-order valence-corrected chi connectivity index (χ1v) is 5.40. The summed E-state index contributed by atoms with van der Waals surface area (Å²) in [7, 11) is 0. The summed E-state index contributed by atoms with van der Waals surface area (Å²) >= 11 is 0. The van der Waals surface area contributed by atoms with Crippen LogP contribution in [0.2, 0.25) is 0 Å². The minimum absolute atomic E-state index is 0.611. The number of ether oxygens (including phenoxy) is 1. The van der Waals surface area contributed by atoms with Gasteiger partial charge in [0.05, 0.1) is 6.61 Å². The Labute approximate surface area is 106 Å². The number of hydrogen-bond donors (Lipinski definition) is 4. The Balaban J connectivity index is 2.46. The summed E-state index contributed by atoms with van der Waals surface area (Å²) in [5.74, 6) is 1.95. The van der Waals surface area contributed by atoms with Gasteiger partial charge >= 0.3 is 5.69 Å². The largest absolute Gasteiger partial charge is 0.394 e. The highest BCUT2D eigenvalue weighted by molar-refractivity contribution is 5.19. The second-order valence-corrected chi connectivity index (χ2v) is 4.13. The van der Waals surface area contributed by atoms with Crippen LogP contribution >= 0.6 is 0 Å². The molecule has 1 aromatic rings. The second kappa shape index (κ2) is 4.64. The van der Waals surface area contributed by atoms with Gasteiger partial charge in [0.15, 0.2) is 11.8 Å². The fraction of sp³-hybridized carbons (Fsp3) is 0.455. The van der Waals surface area contributed by atoms with Gasteiger partial charge in [0.2, 0.25) is 0 Å². The van der Waals surface area contributed by atoms with E-state index in [0.717, 1.165) is 16.8 Å². The summed E-state index contributed by atoms with van der Waals surface area (Å²) in [6.45, 7) is -0.633. The lowest BCUT2D eigenvalue weighted by molar-refractivity contribution is -0.0624. The van der Waals surface area contributed by atoms with Crippen LogP contribution in [-0.2, 0) is 4.74 Å². The van der Waals surface area contributed by atoms with Crippen molar-refractivity contribution in [2.45, 2.75) is 24.0 Å². The fourth-order valence-corrected chi connectivity index (χ4v) is 1.96. The molecule has 1 unspecified atom stereocenters. The number of aliphatic hydroxyl groups excluding tert-OH is 2. The number of aromatic nitrogens is 2.